The van der Waals surface area contributed by atoms with E-state index >= 15 is 0 Å². The molecule has 0 bridgehead atoms. The average Bonchev–Trinajstić information content (AvgIpc) is 3.52. The summed E-state index contributed by atoms with van der Waals surface area (Å²) in [7, 11) is 1.79. The van der Waals surface area contributed by atoms with Gasteiger partial charge in [0.15, 0.2) is 5.65 Å². The van der Waals surface area contributed by atoms with Crippen LogP contribution in [0.3, 0.4) is 0 Å². The number of aryl methyl sites for hydroxylation is 2. The third-order valence-corrected chi connectivity index (χ3v) is 6.57. The minimum Gasteiger partial charge on any atom is -0.342 e. The first-order valence-electron chi connectivity index (χ1n) is 12.7. The number of nitrogens with zero attached hydrogens (tertiary/aromatic N) is 7. The lowest BCUT2D eigenvalue weighted by molar-refractivity contribution is 0.0938. The van der Waals surface area contributed by atoms with Gasteiger partial charge in [-0.1, -0.05) is 24.0 Å². The fourth-order valence-corrected chi connectivity index (χ4v) is 4.73. The maximum Gasteiger partial charge on any atom is 0.267 e. The second kappa shape index (κ2) is 10.2. The number of carbonyl (C=O) groups excluding carboxylic acids is 1. The highest BCUT2D eigenvalue weighted by Crippen LogP contribution is 2.22. The predicted octanol–water partition coefficient (Wildman–Crippen LogP) is 3.50. The van der Waals surface area contributed by atoms with Gasteiger partial charge >= 0.3 is 0 Å². The molecule has 0 fully saturated rings. The summed E-state index contributed by atoms with van der Waals surface area (Å²) in [5.74, 6) is 5.36. The quantitative estimate of drug-likeness (QED) is 0.339. The van der Waals surface area contributed by atoms with Crippen LogP contribution in [-0.4, -0.2) is 39.8 Å². The summed E-state index contributed by atoms with van der Waals surface area (Å²) in [6, 6.07) is 11.8. The molecule has 0 aliphatic rings. The first kappa shape index (κ1) is 25.6. The number of benzene rings is 2. The SMILES string of the molecule is Cc1nn2cccnc2c1C(=O)N[C@H](C)c1nc2cccc(C#Cc3cnn(C)c3)c2c(=O)n1-c1cccc(F)c1. The minimum atomic E-state index is -0.758. The highest BCUT2D eigenvalue weighted by atomic mass is 19.1. The van der Waals surface area contributed by atoms with E-state index in [0.717, 1.165) is 0 Å². The molecule has 2 aromatic carbocycles. The van der Waals surface area contributed by atoms with E-state index in [-0.39, 0.29) is 16.9 Å². The monoisotopic (exact) mass is 546 g/mol. The van der Waals surface area contributed by atoms with Gasteiger partial charge in [-0.3, -0.25) is 18.8 Å². The van der Waals surface area contributed by atoms with Crippen LogP contribution in [0.4, 0.5) is 4.39 Å². The first-order valence-corrected chi connectivity index (χ1v) is 12.7. The molecule has 0 aliphatic heterocycles. The lowest BCUT2D eigenvalue weighted by atomic mass is 10.1. The molecule has 41 heavy (non-hydrogen) atoms. The third-order valence-electron chi connectivity index (χ3n) is 6.57. The second-order valence-electron chi connectivity index (χ2n) is 9.49. The van der Waals surface area contributed by atoms with Gasteiger partial charge in [0.2, 0.25) is 0 Å². The standard InChI is InChI=1S/C30H23FN8O2/c1-18-25(28-32-13-6-14-38(28)36-18)29(40)34-19(2)27-35-24-10-4-7-21(12-11-20-16-33-37(3)17-20)26(24)30(41)39(27)23-9-5-8-22(31)15-23/h4-10,13-17,19H,1-3H3,(H,34,40)/t19-/m1/s1. The Balaban J connectivity index is 1.49. The molecule has 0 aliphatic carbocycles. The lowest BCUT2D eigenvalue weighted by Gasteiger charge is -2.20. The third kappa shape index (κ3) is 4.72. The summed E-state index contributed by atoms with van der Waals surface area (Å²) in [5, 5.41) is 11.7. The number of hydrogen-bond donors (Lipinski definition) is 1. The predicted molar refractivity (Wildman–Crippen MR) is 150 cm³/mol. The van der Waals surface area contributed by atoms with E-state index in [9.17, 15) is 14.0 Å². The minimum absolute atomic E-state index is 0.223. The molecule has 1 amide bonds. The average molecular weight is 547 g/mol. The topological polar surface area (TPSA) is 112 Å². The van der Waals surface area contributed by atoms with Crippen LogP contribution in [-0.2, 0) is 7.05 Å². The van der Waals surface area contributed by atoms with Gasteiger partial charge in [-0.15, -0.1) is 0 Å². The van der Waals surface area contributed by atoms with Crippen LogP contribution in [0.5, 0.6) is 0 Å². The number of halogens is 1. The highest BCUT2D eigenvalue weighted by molar-refractivity contribution is 6.01. The normalized spacial score (nSPS) is 11.8. The van der Waals surface area contributed by atoms with Gasteiger partial charge in [-0.25, -0.2) is 18.9 Å². The van der Waals surface area contributed by atoms with Gasteiger partial charge in [0.05, 0.1) is 40.1 Å². The molecule has 0 unspecified atom stereocenters. The second-order valence-corrected chi connectivity index (χ2v) is 9.49. The van der Waals surface area contributed by atoms with E-state index < -0.39 is 23.3 Å². The largest absolute Gasteiger partial charge is 0.342 e. The van der Waals surface area contributed by atoms with E-state index in [1.165, 1.54) is 27.3 Å². The highest BCUT2D eigenvalue weighted by Gasteiger charge is 2.24. The van der Waals surface area contributed by atoms with Gasteiger partial charge in [-0.2, -0.15) is 10.2 Å². The van der Waals surface area contributed by atoms with Crippen LogP contribution in [0.15, 0.2) is 78.1 Å². The Labute approximate surface area is 233 Å². The Bertz CT molecular complexity index is 2100. The zero-order valence-corrected chi connectivity index (χ0v) is 22.3. The van der Waals surface area contributed by atoms with Crippen LogP contribution >= 0.6 is 0 Å². The maximum absolute atomic E-state index is 14.4. The smallest absolute Gasteiger partial charge is 0.267 e. The number of amides is 1. The van der Waals surface area contributed by atoms with E-state index in [4.69, 9.17) is 4.98 Å². The van der Waals surface area contributed by atoms with Crippen LogP contribution < -0.4 is 10.9 Å². The maximum atomic E-state index is 14.4. The molecule has 0 saturated carbocycles. The van der Waals surface area contributed by atoms with E-state index in [1.54, 1.807) is 80.7 Å². The molecule has 1 atom stereocenters. The molecule has 10 nitrogen and oxygen atoms in total. The number of aromatic nitrogens is 7. The van der Waals surface area contributed by atoms with Crippen molar-refractivity contribution in [3.05, 3.63) is 118 Å². The van der Waals surface area contributed by atoms with Crippen LogP contribution in [0.2, 0.25) is 0 Å². The molecular weight excluding hydrogens is 523 g/mol. The van der Waals surface area contributed by atoms with Gasteiger partial charge in [0, 0.05) is 31.2 Å². The summed E-state index contributed by atoms with van der Waals surface area (Å²) in [6.45, 7) is 3.43. The number of hydrogen-bond acceptors (Lipinski definition) is 6. The molecule has 4 aromatic heterocycles. The summed E-state index contributed by atoms with van der Waals surface area (Å²) < 4.78 is 18.8. The lowest BCUT2D eigenvalue weighted by Crippen LogP contribution is -2.33. The van der Waals surface area contributed by atoms with Crippen molar-refractivity contribution >= 4 is 22.5 Å². The zero-order valence-electron chi connectivity index (χ0n) is 22.3. The van der Waals surface area contributed by atoms with Crippen LogP contribution in [0.25, 0.3) is 22.2 Å². The number of nitrogens with one attached hydrogen (secondary N) is 1. The van der Waals surface area contributed by atoms with Crippen LogP contribution in [0, 0.1) is 24.6 Å². The van der Waals surface area contributed by atoms with E-state index in [0.29, 0.717) is 33.5 Å². The summed E-state index contributed by atoms with van der Waals surface area (Å²) in [5.41, 5.74) is 2.58. The first-order chi connectivity index (χ1) is 19.8. The number of fused-ring (bicyclic) bond motifs is 2. The van der Waals surface area contributed by atoms with Crippen molar-refractivity contribution in [3.8, 4) is 17.5 Å². The van der Waals surface area contributed by atoms with Crippen molar-refractivity contribution in [1.82, 2.24) is 39.2 Å². The molecule has 6 rings (SSSR count). The van der Waals surface area contributed by atoms with E-state index in [2.05, 4.69) is 32.3 Å². The molecule has 1 N–H and O–H groups in total. The van der Waals surface area contributed by atoms with Crippen LogP contribution in [0.1, 0.15) is 46.0 Å². The Hall–Kier alpha value is -5.63. The molecule has 202 valence electrons. The summed E-state index contributed by atoms with van der Waals surface area (Å²) >= 11 is 0. The summed E-state index contributed by atoms with van der Waals surface area (Å²) in [4.78, 5) is 36.6. The van der Waals surface area contributed by atoms with Crippen molar-refractivity contribution in [2.24, 2.45) is 7.05 Å². The fourth-order valence-electron chi connectivity index (χ4n) is 4.73. The number of carbonyl (C=O) groups is 1. The van der Waals surface area contributed by atoms with Gasteiger partial charge in [-0.05, 0) is 50.2 Å². The van der Waals surface area contributed by atoms with E-state index in [1.807, 2.05) is 0 Å². The Morgan fingerprint density at radius 3 is 2.73 bits per heavy atom. The van der Waals surface area contributed by atoms with Crippen molar-refractivity contribution in [2.45, 2.75) is 19.9 Å². The molecule has 11 heteroatoms. The van der Waals surface area contributed by atoms with Crippen molar-refractivity contribution in [3.63, 3.8) is 0 Å². The molecule has 6 aromatic rings. The van der Waals surface area contributed by atoms with Crippen molar-refractivity contribution in [2.75, 3.05) is 0 Å². The van der Waals surface area contributed by atoms with Crippen molar-refractivity contribution < 1.29 is 9.18 Å². The molecule has 0 radical (unpaired) electrons. The molecule has 0 spiro atoms. The van der Waals surface area contributed by atoms with Gasteiger partial charge < -0.3 is 5.32 Å². The molecular formula is C30H23FN8O2. The zero-order chi connectivity index (χ0) is 28.7. The number of rotatable bonds is 4. The Kier molecular flexibility index (Phi) is 6.35. The van der Waals surface area contributed by atoms with Gasteiger partial charge in [0.1, 0.15) is 17.2 Å². The Morgan fingerprint density at radius 1 is 1.12 bits per heavy atom. The summed E-state index contributed by atoms with van der Waals surface area (Å²) in [6.07, 6.45) is 6.69. The molecule has 0 saturated heterocycles. The Morgan fingerprint density at radius 2 is 1.95 bits per heavy atom. The van der Waals surface area contributed by atoms with Crippen molar-refractivity contribution in [1.29, 1.82) is 0 Å². The fraction of sp³-hybridized carbons (Fsp3) is 0.133. The molecule has 4 heterocycles. The van der Waals surface area contributed by atoms with Gasteiger partial charge in [0.25, 0.3) is 11.5 Å².